The second kappa shape index (κ2) is 20.6. The summed E-state index contributed by atoms with van der Waals surface area (Å²) in [6.07, 6.45) is 0. The average Bonchev–Trinajstić information content (AvgIpc) is 1.49. The molecule has 0 fully saturated rings. The standard InChI is InChI=1S/C100H60N2S2/c1-99(2)79-41-18-12-32-66(79)68-51-48-61(55-81(68)99)101-83-43-20-15-38-75(83)92-88-73-50-47-58(54-78(73)65-31-8-11-36-72(65)90(88)94-77-40-17-23-46-86(77)104-98(94)96(92)101)57-25-24-28-60(53-57)100(59-26-4-3-5-27-59)80-42-19-13-33-67(80)69-52-49-62(56-82(69)100)102-84-44-21-14-37-74(84)91-87-70-34-9-6-29-63(70)64-30-7-10-35-71(64)89(87)93-76-39-16-22-45-85(76)103-97(93)95(91)102/h3-56H,1-2H3. The van der Waals surface area contributed by atoms with Crippen LogP contribution in [0.2, 0.25) is 0 Å². The summed E-state index contributed by atoms with van der Waals surface area (Å²) >= 11 is 3.88. The highest BCUT2D eigenvalue weighted by atomic mass is 32.1. The molecule has 482 valence electrons. The maximum atomic E-state index is 2.63. The second-order valence-electron chi connectivity index (χ2n) is 29.5. The fourth-order valence-electron chi connectivity index (χ4n) is 20.1. The predicted molar refractivity (Wildman–Crippen MR) is 446 cm³/mol. The van der Waals surface area contributed by atoms with Gasteiger partial charge in [0.15, 0.2) is 0 Å². The molecule has 0 N–H and O–H groups in total. The number of aromatic nitrogens is 2. The van der Waals surface area contributed by atoms with E-state index < -0.39 is 5.41 Å². The fourth-order valence-corrected chi connectivity index (χ4v) is 22.6. The van der Waals surface area contributed by atoms with Crippen LogP contribution in [0.15, 0.2) is 328 Å². The first-order valence-corrected chi connectivity index (χ1v) is 37.9. The number of nitrogens with zero attached hydrogens (tertiary/aromatic N) is 2. The number of hydrogen-bond donors (Lipinski definition) is 0. The minimum Gasteiger partial charge on any atom is -0.308 e. The second-order valence-corrected chi connectivity index (χ2v) is 31.6. The van der Waals surface area contributed by atoms with E-state index >= 15 is 0 Å². The summed E-state index contributed by atoms with van der Waals surface area (Å²) in [6, 6.07) is 125. The Bertz CT molecular complexity index is 7640. The summed E-state index contributed by atoms with van der Waals surface area (Å²) in [6.45, 7) is 4.80. The Kier molecular flexibility index (Phi) is 11.4. The lowest BCUT2D eigenvalue weighted by molar-refractivity contribution is 0.660. The van der Waals surface area contributed by atoms with Crippen LogP contribution < -0.4 is 0 Å². The molecule has 1 atom stereocenters. The van der Waals surface area contributed by atoms with Crippen LogP contribution in [0.25, 0.3) is 193 Å². The number of para-hydroxylation sites is 2. The molecule has 0 amide bonds. The predicted octanol–water partition coefficient (Wildman–Crippen LogP) is 27.9. The Morgan fingerprint density at radius 2 is 0.644 bits per heavy atom. The van der Waals surface area contributed by atoms with Gasteiger partial charge >= 0.3 is 0 Å². The van der Waals surface area contributed by atoms with Gasteiger partial charge in [0, 0.05) is 90.8 Å². The molecule has 2 nitrogen and oxygen atoms in total. The van der Waals surface area contributed by atoms with Crippen molar-refractivity contribution >= 4 is 171 Å². The largest absolute Gasteiger partial charge is 0.308 e. The smallest absolute Gasteiger partial charge is 0.0726 e. The van der Waals surface area contributed by atoms with Crippen molar-refractivity contribution in [1.29, 1.82) is 0 Å². The van der Waals surface area contributed by atoms with Gasteiger partial charge < -0.3 is 9.13 Å². The molecule has 4 heteroatoms. The number of fused-ring (bicyclic) bond motifs is 36. The van der Waals surface area contributed by atoms with E-state index in [1.807, 2.05) is 22.7 Å². The van der Waals surface area contributed by atoms with Gasteiger partial charge in [0.1, 0.15) is 0 Å². The maximum Gasteiger partial charge on any atom is 0.0726 e. The number of hydrogen-bond acceptors (Lipinski definition) is 2. The number of benzene rings is 18. The molecular weight excluding hydrogens is 1290 g/mol. The SMILES string of the molecule is CC1(C)c2ccccc2-c2ccc(-n3c4ccccc4c4c5c6ccc(-c7cccc(C8(c9ccccc9)c9ccccc9-c9ccc(-n%10c%11ccccc%11c%11c%12c%13ccccc%13c%13ccccc%13c%12c%12c%13ccccc%13sc%12c%11%10)cc98)c7)cc6c6ccccc6c5c5c6ccccc6sc5c43)cc21. The van der Waals surface area contributed by atoms with Crippen LogP contribution >= 0.6 is 22.7 Å². The van der Waals surface area contributed by atoms with Crippen LogP contribution in [-0.4, -0.2) is 9.13 Å². The Labute approximate surface area is 606 Å². The van der Waals surface area contributed by atoms with Gasteiger partial charge in [0.25, 0.3) is 0 Å². The third-order valence-corrected chi connectivity index (χ3v) is 26.6. The first kappa shape index (κ1) is 57.2. The molecule has 104 heavy (non-hydrogen) atoms. The van der Waals surface area contributed by atoms with Gasteiger partial charge in [-0.2, -0.15) is 0 Å². The Balaban J connectivity index is 0.756. The molecule has 4 aromatic heterocycles. The van der Waals surface area contributed by atoms with E-state index in [0.29, 0.717) is 0 Å². The topological polar surface area (TPSA) is 9.86 Å². The molecule has 2 aliphatic rings. The first-order chi connectivity index (χ1) is 51.4. The highest BCUT2D eigenvalue weighted by Crippen LogP contribution is 2.60. The molecule has 18 aromatic carbocycles. The molecule has 22 aromatic rings. The summed E-state index contributed by atoms with van der Waals surface area (Å²) < 4.78 is 10.5. The number of rotatable bonds is 5. The molecule has 0 saturated carbocycles. The van der Waals surface area contributed by atoms with E-state index in [-0.39, 0.29) is 5.41 Å². The van der Waals surface area contributed by atoms with Crippen LogP contribution in [0.1, 0.15) is 47.2 Å². The van der Waals surface area contributed by atoms with E-state index in [0.717, 1.165) is 5.69 Å². The zero-order chi connectivity index (χ0) is 68.0. The van der Waals surface area contributed by atoms with Crippen LogP contribution in [0.4, 0.5) is 0 Å². The highest BCUT2D eigenvalue weighted by molar-refractivity contribution is 7.27. The lowest BCUT2D eigenvalue weighted by Gasteiger charge is -2.34. The van der Waals surface area contributed by atoms with E-state index in [2.05, 4.69) is 351 Å². The summed E-state index contributed by atoms with van der Waals surface area (Å²) in [5.74, 6) is 0. The molecule has 0 saturated heterocycles. The summed E-state index contributed by atoms with van der Waals surface area (Å²) in [4.78, 5) is 0. The van der Waals surface area contributed by atoms with Gasteiger partial charge in [-0.1, -0.05) is 281 Å². The molecule has 1 unspecified atom stereocenters. The minimum absolute atomic E-state index is 0.156. The zero-order valence-corrected chi connectivity index (χ0v) is 58.5. The molecule has 4 heterocycles. The Morgan fingerprint density at radius 3 is 1.22 bits per heavy atom. The Hall–Kier alpha value is -12.4. The Morgan fingerprint density at radius 1 is 0.240 bits per heavy atom. The van der Waals surface area contributed by atoms with E-state index in [1.165, 1.54) is 221 Å². The summed E-state index contributed by atoms with van der Waals surface area (Å²) in [7, 11) is 0. The van der Waals surface area contributed by atoms with E-state index in [9.17, 15) is 0 Å². The molecule has 24 rings (SSSR count). The van der Waals surface area contributed by atoms with E-state index in [4.69, 9.17) is 0 Å². The third kappa shape index (κ3) is 7.24. The van der Waals surface area contributed by atoms with Crippen molar-refractivity contribution in [3.8, 4) is 44.8 Å². The highest BCUT2D eigenvalue weighted by Gasteiger charge is 2.47. The molecule has 0 spiro atoms. The van der Waals surface area contributed by atoms with Gasteiger partial charge in [-0.15, -0.1) is 22.7 Å². The van der Waals surface area contributed by atoms with Crippen molar-refractivity contribution in [2.75, 3.05) is 0 Å². The van der Waals surface area contributed by atoms with Gasteiger partial charge in [-0.3, -0.25) is 0 Å². The maximum absolute atomic E-state index is 2.63. The molecule has 0 aliphatic heterocycles. The van der Waals surface area contributed by atoms with Gasteiger partial charge in [0.05, 0.1) is 36.9 Å². The summed E-state index contributed by atoms with van der Waals surface area (Å²) in [5.41, 5.74) is 21.7. The fraction of sp³-hybridized carbons (Fsp3) is 0.0400. The van der Waals surface area contributed by atoms with Crippen molar-refractivity contribution in [2.45, 2.75) is 24.7 Å². The lowest BCUT2D eigenvalue weighted by Crippen LogP contribution is -2.28. The molecule has 2 aliphatic carbocycles. The van der Waals surface area contributed by atoms with Gasteiger partial charge in [0.2, 0.25) is 0 Å². The van der Waals surface area contributed by atoms with Crippen molar-refractivity contribution in [3.05, 3.63) is 361 Å². The molecule has 0 bridgehead atoms. The van der Waals surface area contributed by atoms with Crippen LogP contribution in [0.5, 0.6) is 0 Å². The minimum atomic E-state index is -0.709. The quantitative estimate of drug-likeness (QED) is 0.152. The van der Waals surface area contributed by atoms with Gasteiger partial charge in [-0.25, -0.2) is 0 Å². The zero-order valence-electron chi connectivity index (χ0n) is 56.9. The van der Waals surface area contributed by atoms with E-state index in [1.54, 1.807) is 0 Å². The van der Waals surface area contributed by atoms with Crippen LogP contribution in [0, 0.1) is 0 Å². The van der Waals surface area contributed by atoms with Crippen LogP contribution in [0.3, 0.4) is 0 Å². The average molecular weight is 1350 g/mol. The third-order valence-electron chi connectivity index (χ3n) is 24.3. The van der Waals surface area contributed by atoms with Gasteiger partial charge in [-0.05, 0) is 171 Å². The van der Waals surface area contributed by atoms with Crippen molar-refractivity contribution < 1.29 is 0 Å². The monoisotopic (exact) mass is 1350 g/mol. The van der Waals surface area contributed by atoms with Crippen molar-refractivity contribution in [2.24, 2.45) is 0 Å². The van der Waals surface area contributed by atoms with Crippen molar-refractivity contribution in [1.82, 2.24) is 9.13 Å². The lowest BCUT2D eigenvalue weighted by atomic mass is 9.67. The van der Waals surface area contributed by atoms with Crippen LogP contribution in [-0.2, 0) is 10.8 Å². The van der Waals surface area contributed by atoms with Crippen molar-refractivity contribution in [3.63, 3.8) is 0 Å². The molecule has 0 radical (unpaired) electrons. The first-order valence-electron chi connectivity index (χ1n) is 36.3. The normalized spacial score (nSPS) is 14.8. The number of thiophene rings is 2. The summed E-state index contributed by atoms with van der Waals surface area (Å²) in [5, 5.41) is 25.8. The molecular formula is C100H60N2S2.